The van der Waals surface area contributed by atoms with Crippen LogP contribution in [-0.2, 0) is 20.4 Å². The molecule has 0 fully saturated rings. The molecule has 0 N–H and O–H groups in total. The summed E-state index contributed by atoms with van der Waals surface area (Å²) in [6, 6.07) is 38.6. The topological polar surface area (TPSA) is 0 Å². The molecule has 1 unspecified atom stereocenters. The van der Waals surface area contributed by atoms with Gasteiger partial charge in [0.05, 0.1) is 0 Å². The van der Waals surface area contributed by atoms with Gasteiger partial charge in [0.1, 0.15) is 0 Å². The first kappa shape index (κ1) is 31.4. The molecule has 5 heteroatoms. The van der Waals surface area contributed by atoms with E-state index in [0.717, 1.165) is 0 Å². The zero-order valence-electron chi connectivity index (χ0n) is 21.2. The standard InChI is InChI=1S/C32H29Si.3ClH.Ti/c1-24-10-7-15-29(20-24)33(30-16-8-11-25(2)21-30,31-17-9-12-26(3)22-31)32-19-18-28(23-32)27-13-5-4-6-14-27;;;;/h4-23H,1-3H3;3*1H;/q;;;;+3/p-3. The van der Waals surface area contributed by atoms with E-state index in [9.17, 15) is 0 Å². The molecule has 4 aromatic carbocycles. The minimum atomic E-state index is -2.55. The average molecular weight is 596 g/mol. The molecule has 0 nitrogen and oxygen atoms in total. The largest absolute Gasteiger partial charge is 1.00 e. The van der Waals surface area contributed by atoms with Crippen LogP contribution in [0, 0.1) is 20.8 Å². The number of rotatable bonds is 5. The number of hydrogen-bond donors (Lipinski definition) is 0. The van der Waals surface area contributed by atoms with Crippen molar-refractivity contribution in [3.05, 3.63) is 144 Å². The third-order valence-electron chi connectivity index (χ3n) is 6.99. The molecule has 1 aliphatic carbocycles. The van der Waals surface area contributed by atoms with Gasteiger partial charge in [-0.2, -0.15) is 0 Å². The van der Waals surface area contributed by atoms with Gasteiger partial charge >= 0.3 is 217 Å². The Morgan fingerprint density at radius 2 is 1.00 bits per heavy atom. The fourth-order valence-electron chi connectivity index (χ4n) is 5.46. The maximum absolute atomic E-state index is 2.55. The van der Waals surface area contributed by atoms with Gasteiger partial charge in [-0.25, -0.2) is 0 Å². The first-order chi connectivity index (χ1) is 16.4. The van der Waals surface area contributed by atoms with Gasteiger partial charge in [-0.05, 0) is 0 Å². The fraction of sp³-hybridized carbons (Fsp3) is 0.125. The van der Waals surface area contributed by atoms with Crippen molar-refractivity contribution in [2.75, 3.05) is 0 Å². The third-order valence-corrected chi connectivity index (χ3v) is 14.3. The van der Waals surface area contributed by atoms with Gasteiger partial charge in [0.15, 0.2) is 0 Å². The van der Waals surface area contributed by atoms with E-state index in [2.05, 4.69) is 163 Å². The molecule has 0 saturated carbocycles. The van der Waals surface area contributed by atoms with Crippen molar-refractivity contribution in [2.24, 2.45) is 0 Å². The quantitative estimate of drug-likeness (QED) is 0.171. The minimum absolute atomic E-state index is 0. The van der Waals surface area contributed by atoms with Gasteiger partial charge in [-0.3, -0.25) is 0 Å². The maximum atomic E-state index is 2.54. The normalized spacial score (nSPS) is 16.2. The van der Waals surface area contributed by atoms with E-state index in [1.54, 1.807) is 0 Å². The van der Waals surface area contributed by atoms with E-state index in [1.807, 2.05) is 0 Å². The molecule has 37 heavy (non-hydrogen) atoms. The first-order valence-electron chi connectivity index (χ1n) is 11.9. The molecule has 0 saturated heterocycles. The summed E-state index contributed by atoms with van der Waals surface area (Å²) in [5.41, 5.74) is 6.53. The predicted octanol–water partition coefficient (Wildman–Crippen LogP) is -3.01. The van der Waals surface area contributed by atoms with Crippen LogP contribution in [0.5, 0.6) is 0 Å². The van der Waals surface area contributed by atoms with Crippen molar-refractivity contribution < 1.29 is 57.7 Å². The molecule has 0 bridgehead atoms. The maximum Gasteiger partial charge on any atom is -1.00 e. The number of benzene rings is 4. The summed E-state index contributed by atoms with van der Waals surface area (Å²) in [5, 5.41) is 4.38. The van der Waals surface area contributed by atoms with E-state index in [-0.39, 0.29) is 40.6 Å². The van der Waals surface area contributed by atoms with Crippen molar-refractivity contribution in [2.45, 2.75) is 24.1 Å². The zero-order valence-corrected chi connectivity index (χ0v) is 26.0. The Morgan fingerprint density at radius 1 is 0.568 bits per heavy atom. The summed E-state index contributed by atoms with van der Waals surface area (Å²) in [5.74, 6) is 0. The van der Waals surface area contributed by atoms with Crippen LogP contribution in [0.1, 0.15) is 22.3 Å². The number of halogens is 3. The second-order valence-corrected chi connectivity index (χ2v) is 15.7. The number of aryl methyl sites for hydroxylation is 3. The van der Waals surface area contributed by atoms with Crippen molar-refractivity contribution >= 4 is 29.2 Å². The molecule has 4 aromatic rings. The summed E-state index contributed by atoms with van der Waals surface area (Å²) >= 11 is 2.46. The summed E-state index contributed by atoms with van der Waals surface area (Å²) in [6.45, 7) is 6.65. The minimum Gasteiger partial charge on any atom is -1.00 e. The van der Waals surface area contributed by atoms with E-state index >= 15 is 0 Å². The van der Waals surface area contributed by atoms with Gasteiger partial charge in [-0.15, -0.1) is 0 Å². The Morgan fingerprint density at radius 3 is 1.41 bits per heavy atom. The molecule has 0 amide bonds. The number of hydrogen-bond acceptors (Lipinski definition) is 0. The number of allylic oxidation sites excluding steroid dienone is 4. The predicted molar refractivity (Wildman–Crippen MR) is 144 cm³/mol. The molecule has 1 atom stereocenters. The average Bonchev–Trinajstić information content (AvgIpc) is 3.23. The SMILES string of the molecule is Cc1cccc([Si](c2cccc(C)c2)(c2cccc(C)c2)[C]2([Ti+3])C=CC(c3ccccc3)=C2)c1.[Cl-].[Cl-].[Cl-]. The first-order valence-corrected chi connectivity index (χ1v) is 14.6. The van der Waals surface area contributed by atoms with Crippen LogP contribution >= 0.6 is 0 Å². The molecule has 5 rings (SSSR count). The van der Waals surface area contributed by atoms with Crippen LogP contribution in [-0.4, -0.2) is 8.07 Å². The molecule has 186 valence electrons. The monoisotopic (exact) mass is 594 g/mol. The van der Waals surface area contributed by atoms with E-state index in [0.29, 0.717) is 0 Å². The molecular weight excluding hydrogens is 567 g/mol. The Kier molecular flexibility index (Phi) is 10.9. The van der Waals surface area contributed by atoms with Crippen LogP contribution in [0.3, 0.4) is 0 Å². The van der Waals surface area contributed by atoms with Crippen molar-refractivity contribution in [1.29, 1.82) is 0 Å². The van der Waals surface area contributed by atoms with Crippen LogP contribution < -0.4 is 52.8 Å². The smallest absolute Gasteiger partial charge is 1.00 e. The molecule has 0 aliphatic heterocycles. The van der Waals surface area contributed by atoms with E-state index in [4.69, 9.17) is 0 Å². The van der Waals surface area contributed by atoms with Gasteiger partial charge < -0.3 is 37.2 Å². The molecule has 1 aliphatic rings. The van der Waals surface area contributed by atoms with E-state index in [1.165, 1.54) is 43.4 Å². The van der Waals surface area contributed by atoms with Gasteiger partial charge in [0.2, 0.25) is 0 Å². The van der Waals surface area contributed by atoms with Crippen molar-refractivity contribution in [3.8, 4) is 0 Å². The van der Waals surface area contributed by atoms with Crippen LogP contribution in [0.2, 0.25) is 3.34 Å². The summed E-state index contributed by atoms with van der Waals surface area (Å²) in [4.78, 5) is 0. The van der Waals surface area contributed by atoms with Crippen molar-refractivity contribution in [1.82, 2.24) is 0 Å². The van der Waals surface area contributed by atoms with Gasteiger partial charge in [-0.1, -0.05) is 0 Å². The summed E-state index contributed by atoms with van der Waals surface area (Å²) < 4.78 is -0.131. The second kappa shape index (κ2) is 12.8. The Bertz CT molecular complexity index is 1300. The van der Waals surface area contributed by atoms with Crippen LogP contribution in [0.15, 0.2) is 121 Å². The zero-order chi connectivity index (χ0) is 23.8. The molecular formula is C32H29Cl3SiTi. The molecule has 0 heterocycles. The van der Waals surface area contributed by atoms with E-state index < -0.39 is 8.07 Å². The Hall–Kier alpha value is -1.84. The van der Waals surface area contributed by atoms with Crippen molar-refractivity contribution in [3.63, 3.8) is 0 Å². The Labute approximate surface area is 253 Å². The second-order valence-electron chi connectivity index (χ2n) is 9.53. The van der Waals surface area contributed by atoms with Gasteiger partial charge in [0.25, 0.3) is 0 Å². The Balaban J connectivity index is 0.00000160. The van der Waals surface area contributed by atoms with Crippen LogP contribution in [0.25, 0.3) is 5.57 Å². The molecule has 0 spiro atoms. The summed E-state index contributed by atoms with van der Waals surface area (Å²) in [6.07, 6.45) is 7.37. The third kappa shape index (κ3) is 5.78. The van der Waals surface area contributed by atoms with Crippen LogP contribution in [0.4, 0.5) is 0 Å². The summed E-state index contributed by atoms with van der Waals surface area (Å²) in [7, 11) is -2.55. The fourth-order valence-corrected chi connectivity index (χ4v) is 13.4. The molecule has 0 radical (unpaired) electrons. The van der Waals surface area contributed by atoms with Gasteiger partial charge in [0, 0.05) is 0 Å². The molecule has 0 aromatic heterocycles.